The topological polar surface area (TPSA) is 48.4 Å². The van der Waals surface area contributed by atoms with Gasteiger partial charge in [0.15, 0.2) is 0 Å². The Balaban J connectivity index is 1.77. The van der Waals surface area contributed by atoms with Gasteiger partial charge in [0.1, 0.15) is 23.7 Å². The van der Waals surface area contributed by atoms with E-state index < -0.39 is 0 Å². The fourth-order valence-electron chi connectivity index (χ4n) is 2.04. The largest absolute Gasteiger partial charge is 0.486 e. The first kappa shape index (κ1) is 13.0. The molecule has 1 aromatic heterocycles. The summed E-state index contributed by atoms with van der Waals surface area (Å²) in [6.45, 7) is 0.873. The van der Waals surface area contributed by atoms with Crippen molar-refractivity contribution >= 4 is 22.6 Å². The number of rotatable bonds is 4. The normalized spacial score (nSPS) is 10.9. The summed E-state index contributed by atoms with van der Waals surface area (Å²) in [6.07, 6.45) is 0. The lowest BCUT2D eigenvalue weighted by Crippen LogP contribution is -1.94. The van der Waals surface area contributed by atoms with Gasteiger partial charge in [0, 0.05) is 17.0 Å². The van der Waals surface area contributed by atoms with Gasteiger partial charge in [-0.3, -0.25) is 0 Å². The Bertz CT molecular complexity index is 736. The number of halogens is 1. The third-order valence-electron chi connectivity index (χ3n) is 3.05. The van der Waals surface area contributed by atoms with Gasteiger partial charge in [-0.25, -0.2) is 0 Å². The highest BCUT2D eigenvalue weighted by Crippen LogP contribution is 2.23. The molecule has 2 aromatic carbocycles. The van der Waals surface area contributed by atoms with Gasteiger partial charge in [-0.05, 0) is 35.9 Å². The van der Waals surface area contributed by atoms with Crippen LogP contribution in [0.25, 0.3) is 11.0 Å². The van der Waals surface area contributed by atoms with E-state index in [4.69, 9.17) is 26.5 Å². The molecule has 4 heteroatoms. The van der Waals surface area contributed by atoms with Crippen LogP contribution in [0.4, 0.5) is 0 Å². The monoisotopic (exact) mass is 287 g/mol. The maximum absolute atomic E-state index is 5.91. The van der Waals surface area contributed by atoms with Crippen LogP contribution in [-0.2, 0) is 13.2 Å². The van der Waals surface area contributed by atoms with E-state index in [1.807, 2.05) is 42.5 Å². The molecule has 0 amide bonds. The second-order valence-corrected chi connectivity index (χ2v) is 4.97. The number of ether oxygens (including phenoxy) is 1. The van der Waals surface area contributed by atoms with E-state index in [9.17, 15) is 0 Å². The van der Waals surface area contributed by atoms with Crippen molar-refractivity contribution in [2.24, 2.45) is 5.73 Å². The summed E-state index contributed by atoms with van der Waals surface area (Å²) in [4.78, 5) is 0. The molecule has 0 bridgehead atoms. The number of nitrogens with two attached hydrogens (primary N) is 1. The van der Waals surface area contributed by atoms with Crippen molar-refractivity contribution in [2.75, 3.05) is 0 Å². The average molecular weight is 288 g/mol. The quantitative estimate of drug-likeness (QED) is 0.785. The fourth-order valence-corrected chi connectivity index (χ4v) is 2.22. The second kappa shape index (κ2) is 5.57. The van der Waals surface area contributed by atoms with Crippen LogP contribution in [0.1, 0.15) is 11.3 Å². The Kier molecular flexibility index (Phi) is 3.63. The van der Waals surface area contributed by atoms with Gasteiger partial charge in [-0.1, -0.05) is 29.8 Å². The Morgan fingerprint density at radius 2 is 2.00 bits per heavy atom. The standard InChI is InChI=1S/C16H14ClNO2/c17-13-2-1-3-14(8-13)19-10-15-7-12-5-4-11(9-18)6-16(12)20-15/h1-8H,9-10,18H2. The Hall–Kier alpha value is -1.97. The molecule has 3 nitrogen and oxygen atoms in total. The summed E-state index contributed by atoms with van der Waals surface area (Å²) in [5.74, 6) is 1.50. The van der Waals surface area contributed by atoms with Crippen molar-refractivity contribution in [3.8, 4) is 5.75 Å². The molecule has 102 valence electrons. The molecule has 0 fully saturated rings. The van der Waals surface area contributed by atoms with E-state index in [-0.39, 0.29) is 0 Å². The highest BCUT2D eigenvalue weighted by molar-refractivity contribution is 6.30. The molecule has 0 unspecified atom stereocenters. The SMILES string of the molecule is NCc1ccc2cc(COc3cccc(Cl)c3)oc2c1. The van der Waals surface area contributed by atoms with E-state index in [2.05, 4.69) is 0 Å². The number of benzene rings is 2. The molecule has 0 saturated heterocycles. The molecular formula is C16H14ClNO2. The summed E-state index contributed by atoms with van der Waals surface area (Å²) < 4.78 is 11.4. The highest BCUT2D eigenvalue weighted by Gasteiger charge is 2.05. The minimum atomic E-state index is 0.368. The molecule has 0 atom stereocenters. The van der Waals surface area contributed by atoms with E-state index >= 15 is 0 Å². The van der Waals surface area contributed by atoms with E-state index in [1.165, 1.54) is 0 Å². The predicted octanol–water partition coefficient (Wildman–Crippen LogP) is 4.12. The molecule has 1 heterocycles. The predicted molar refractivity (Wildman–Crippen MR) is 79.9 cm³/mol. The molecule has 0 saturated carbocycles. The second-order valence-electron chi connectivity index (χ2n) is 4.54. The molecule has 20 heavy (non-hydrogen) atoms. The number of hydrogen-bond donors (Lipinski definition) is 1. The smallest absolute Gasteiger partial charge is 0.146 e. The zero-order valence-corrected chi connectivity index (χ0v) is 11.6. The number of fused-ring (bicyclic) bond motifs is 1. The molecule has 0 aliphatic rings. The summed E-state index contributed by atoms with van der Waals surface area (Å²) in [6, 6.07) is 15.2. The van der Waals surface area contributed by atoms with Crippen molar-refractivity contribution < 1.29 is 9.15 Å². The third kappa shape index (κ3) is 2.79. The van der Waals surface area contributed by atoms with Crippen LogP contribution in [0.3, 0.4) is 0 Å². The van der Waals surface area contributed by atoms with Crippen molar-refractivity contribution in [3.63, 3.8) is 0 Å². The van der Waals surface area contributed by atoms with Gasteiger partial charge in [0.25, 0.3) is 0 Å². The Labute approximate surface area is 121 Å². The summed E-state index contributed by atoms with van der Waals surface area (Å²) in [7, 11) is 0. The zero-order chi connectivity index (χ0) is 13.9. The summed E-state index contributed by atoms with van der Waals surface area (Å²) in [5, 5.41) is 1.70. The highest BCUT2D eigenvalue weighted by atomic mass is 35.5. The first-order valence-electron chi connectivity index (χ1n) is 6.34. The van der Waals surface area contributed by atoms with Gasteiger partial charge in [0.05, 0.1) is 0 Å². The van der Waals surface area contributed by atoms with Crippen LogP contribution >= 0.6 is 11.6 Å². The molecule has 0 spiro atoms. The fraction of sp³-hybridized carbons (Fsp3) is 0.125. The minimum Gasteiger partial charge on any atom is -0.486 e. The van der Waals surface area contributed by atoms with Crippen molar-refractivity contribution in [1.29, 1.82) is 0 Å². The van der Waals surface area contributed by atoms with Gasteiger partial charge in [-0.2, -0.15) is 0 Å². The zero-order valence-electron chi connectivity index (χ0n) is 10.8. The third-order valence-corrected chi connectivity index (χ3v) is 3.28. The van der Waals surface area contributed by atoms with Crippen LogP contribution in [-0.4, -0.2) is 0 Å². The van der Waals surface area contributed by atoms with Gasteiger partial charge in [0.2, 0.25) is 0 Å². The molecule has 0 aliphatic carbocycles. The molecule has 0 radical (unpaired) electrons. The number of hydrogen-bond acceptors (Lipinski definition) is 3. The van der Waals surface area contributed by atoms with Gasteiger partial charge < -0.3 is 14.9 Å². The van der Waals surface area contributed by atoms with Crippen molar-refractivity contribution in [2.45, 2.75) is 13.2 Å². The van der Waals surface area contributed by atoms with Crippen LogP contribution in [0.15, 0.2) is 52.9 Å². The van der Waals surface area contributed by atoms with Gasteiger partial charge >= 0.3 is 0 Å². The van der Waals surface area contributed by atoms with E-state index in [1.54, 1.807) is 6.07 Å². The van der Waals surface area contributed by atoms with Crippen LogP contribution in [0, 0.1) is 0 Å². The Morgan fingerprint density at radius 1 is 1.10 bits per heavy atom. The molecule has 3 rings (SSSR count). The summed E-state index contributed by atoms with van der Waals surface area (Å²) in [5.41, 5.74) is 7.50. The van der Waals surface area contributed by atoms with Crippen molar-refractivity contribution in [1.82, 2.24) is 0 Å². The van der Waals surface area contributed by atoms with Crippen LogP contribution in [0.2, 0.25) is 5.02 Å². The maximum atomic E-state index is 5.91. The minimum absolute atomic E-state index is 0.368. The van der Waals surface area contributed by atoms with E-state index in [0.717, 1.165) is 28.0 Å². The van der Waals surface area contributed by atoms with Crippen LogP contribution in [0.5, 0.6) is 5.75 Å². The Morgan fingerprint density at radius 3 is 2.80 bits per heavy atom. The van der Waals surface area contributed by atoms with Gasteiger partial charge in [-0.15, -0.1) is 0 Å². The first-order chi connectivity index (χ1) is 9.74. The van der Waals surface area contributed by atoms with E-state index in [0.29, 0.717) is 18.2 Å². The maximum Gasteiger partial charge on any atom is 0.146 e. The lowest BCUT2D eigenvalue weighted by molar-refractivity contribution is 0.274. The lowest BCUT2D eigenvalue weighted by Gasteiger charge is -2.03. The average Bonchev–Trinajstić information content (AvgIpc) is 2.87. The lowest BCUT2D eigenvalue weighted by atomic mass is 10.2. The first-order valence-corrected chi connectivity index (χ1v) is 6.72. The van der Waals surface area contributed by atoms with Crippen LogP contribution < -0.4 is 10.5 Å². The molecule has 0 aliphatic heterocycles. The van der Waals surface area contributed by atoms with Crippen molar-refractivity contribution in [3.05, 3.63) is 64.9 Å². The number of furan rings is 1. The molecule has 2 N–H and O–H groups in total. The summed E-state index contributed by atoms with van der Waals surface area (Å²) >= 11 is 5.91. The molecular weight excluding hydrogens is 274 g/mol. The molecule has 3 aromatic rings.